The molecule has 0 saturated heterocycles. The van der Waals surface area contributed by atoms with E-state index in [0.717, 1.165) is 12.2 Å². The van der Waals surface area contributed by atoms with Gasteiger partial charge in [-0.2, -0.15) is 0 Å². The molecule has 0 fully saturated rings. The minimum atomic E-state index is 0.730. The van der Waals surface area contributed by atoms with Gasteiger partial charge in [-0.1, -0.05) is 66.2 Å². The maximum atomic E-state index is 5.50. The highest BCUT2D eigenvalue weighted by atomic mass is 35.5. The van der Waals surface area contributed by atoms with Gasteiger partial charge < -0.3 is 5.32 Å². The van der Waals surface area contributed by atoms with Crippen molar-refractivity contribution in [2.75, 3.05) is 11.9 Å². The minimum Gasteiger partial charge on any atom is -0.381 e. The van der Waals surface area contributed by atoms with Crippen LogP contribution in [0, 0.1) is 0 Å². The van der Waals surface area contributed by atoms with Gasteiger partial charge in [-0.25, -0.2) is 0 Å². The summed E-state index contributed by atoms with van der Waals surface area (Å²) in [5.41, 5.74) is 5.06. The SMILES string of the molecule is Cl/C=C/CNc1ccccc1-c1ccccc1. The summed E-state index contributed by atoms with van der Waals surface area (Å²) < 4.78 is 0. The van der Waals surface area contributed by atoms with Crippen LogP contribution in [-0.2, 0) is 0 Å². The summed E-state index contributed by atoms with van der Waals surface area (Å²) >= 11 is 5.50. The van der Waals surface area contributed by atoms with E-state index in [1.54, 1.807) is 0 Å². The van der Waals surface area contributed by atoms with E-state index in [0.29, 0.717) is 0 Å². The first-order chi connectivity index (χ1) is 8.42. The van der Waals surface area contributed by atoms with Crippen LogP contribution in [0.5, 0.6) is 0 Å². The maximum absolute atomic E-state index is 5.50. The third kappa shape index (κ3) is 3.11. The summed E-state index contributed by atoms with van der Waals surface area (Å²) in [5, 5.41) is 3.34. The predicted octanol–water partition coefficient (Wildman–Crippen LogP) is 4.52. The second kappa shape index (κ2) is 6.12. The Morgan fingerprint density at radius 3 is 2.41 bits per heavy atom. The topological polar surface area (TPSA) is 12.0 Å². The van der Waals surface area contributed by atoms with Gasteiger partial charge in [0.15, 0.2) is 0 Å². The Kier molecular flexibility index (Phi) is 4.23. The smallest absolute Gasteiger partial charge is 0.0422 e. The number of para-hydroxylation sites is 1. The normalized spacial score (nSPS) is 10.6. The minimum absolute atomic E-state index is 0.730. The predicted molar refractivity (Wildman–Crippen MR) is 75.4 cm³/mol. The van der Waals surface area contributed by atoms with Crippen molar-refractivity contribution >= 4 is 17.3 Å². The summed E-state index contributed by atoms with van der Waals surface area (Å²) in [5.74, 6) is 0. The third-order valence-electron chi connectivity index (χ3n) is 2.51. The van der Waals surface area contributed by atoms with Crippen molar-refractivity contribution in [2.45, 2.75) is 0 Å². The molecule has 0 amide bonds. The summed E-state index contributed by atoms with van der Waals surface area (Å²) in [7, 11) is 0. The zero-order chi connectivity index (χ0) is 11.9. The van der Waals surface area contributed by atoms with E-state index < -0.39 is 0 Å². The van der Waals surface area contributed by atoms with Crippen molar-refractivity contribution in [3.63, 3.8) is 0 Å². The van der Waals surface area contributed by atoms with Crippen molar-refractivity contribution in [1.82, 2.24) is 0 Å². The van der Waals surface area contributed by atoms with Crippen LogP contribution in [0.15, 0.2) is 66.2 Å². The van der Waals surface area contributed by atoms with Crippen molar-refractivity contribution in [3.05, 3.63) is 66.2 Å². The van der Waals surface area contributed by atoms with E-state index in [9.17, 15) is 0 Å². The number of hydrogen-bond acceptors (Lipinski definition) is 1. The van der Waals surface area contributed by atoms with Gasteiger partial charge in [0.05, 0.1) is 0 Å². The molecule has 17 heavy (non-hydrogen) atoms. The standard InChI is InChI=1S/C15H14ClN/c16-11-6-12-17-15-10-5-4-9-14(15)13-7-2-1-3-8-13/h1-11,17H,12H2/b11-6+. The van der Waals surface area contributed by atoms with Crippen molar-refractivity contribution < 1.29 is 0 Å². The molecule has 0 aliphatic carbocycles. The first kappa shape index (κ1) is 11.7. The zero-order valence-electron chi connectivity index (χ0n) is 9.44. The van der Waals surface area contributed by atoms with Gasteiger partial charge in [-0.15, -0.1) is 0 Å². The highest BCUT2D eigenvalue weighted by Crippen LogP contribution is 2.27. The van der Waals surface area contributed by atoms with Crippen LogP contribution in [0.1, 0.15) is 0 Å². The Hall–Kier alpha value is -1.73. The van der Waals surface area contributed by atoms with Crippen LogP contribution < -0.4 is 5.32 Å². The van der Waals surface area contributed by atoms with Gasteiger partial charge in [0, 0.05) is 23.3 Å². The fourth-order valence-corrected chi connectivity index (χ4v) is 1.81. The number of anilines is 1. The van der Waals surface area contributed by atoms with Crippen molar-refractivity contribution in [2.24, 2.45) is 0 Å². The number of halogens is 1. The number of rotatable bonds is 4. The van der Waals surface area contributed by atoms with E-state index in [1.807, 2.05) is 36.4 Å². The van der Waals surface area contributed by atoms with E-state index in [1.165, 1.54) is 16.7 Å². The molecule has 86 valence electrons. The molecule has 0 aliphatic rings. The largest absolute Gasteiger partial charge is 0.381 e. The molecule has 0 aromatic heterocycles. The van der Waals surface area contributed by atoms with Crippen LogP contribution in [0.25, 0.3) is 11.1 Å². The number of nitrogens with one attached hydrogen (secondary N) is 1. The molecule has 2 aromatic rings. The molecule has 1 N–H and O–H groups in total. The average Bonchev–Trinajstić information content (AvgIpc) is 2.41. The van der Waals surface area contributed by atoms with Crippen LogP contribution in [-0.4, -0.2) is 6.54 Å². The maximum Gasteiger partial charge on any atom is 0.0422 e. The summed E-state index contributed by atoms with van der Waals surface area (Å²) in [4.78, 5) is 0. The van der Waals surface area contributed by atoms with Gasteiger partial charge in [0.1, 0.15) is 0 Å². The Balaban J connectivity index is 2.28. The highest BCUT2D eigenvalue weighted by Gasteiger charge is 2.02. The van der Waals surface area contributed by atoms with E-state index >= 15 is 0 Å². The van der Waals surface area contributed by atoms with Crippen molar-refractivity contribution in [3.8, 4) is 11.1 Å². The zero-order valence-corrected chi connectivity index (χ0v) is 10.2. The molecule has 2 rings (SSSR count). The average molecular weight is 244 g/mol. The first-order valence-corrected chi connectivity index (χ1v) is 5.99. The van der Waals surface area contributed by atoms with Crippen LogP contribution >= 0.6 is 11.6 Å². The lowest BCUT2D eigenvalue weighted by Gasteiger charge is -2.10. The molecule has 0 spiro atoms. The Labute approximate surface area is 107 Å². The second-order valence-corrected chi connectivity index (χ2v) is 3.91. The lowest BCUT2D eigenvalue weighted by molar-refractivity contribution is 1.34. The highest BCUT2D eigenvalue weighted by molar-refractivity contribution is 6.25. The quantitative estimate of drug-likeness (QED) is 0.833. The van der Waals surface area contributed by atoms with E-state index in [2.05, 4.69) is 29.6 Å². The van der Waals surface area contributed by atoms with Gasteiger partial charge in [-0.05, 0) is 11.6 Å². The van der Waals surface area contributed by atoms with Gasteiger partial charge in [-0.3, -0.25) is 0 Å². The monoisotopic (exact) mass is 243 g/mol. The molecule has 0 atom stereocenters. The fourth-order valence-electron chi connectivity index (χ4n) is 1.72. The van der Waals surface area contributed by atoms with Crippen LogP contribution in [0.4, 0.5) is 5.69 Å². The second-order valence-electron chi connectivity index (χ2n) is 3.65. The molecule has 2 aromatic carbocycles. The molecular weight excluding hydrogens is 230 g/mol. The van der Waals surface area contributed by atoms with E-state index in [-0.39, 0.29) is 0 Å². The number of hydrogen-bond donors (Lipinski definition) is 1. The molecule has 0 aliphatic heterocycles. The molecule has 1 nitrogen and oxygen atoms in total. The summed E-state index contributed by atoms with van der Waals surface area (Å²) in [6.07, 6.45) is 1.88. The van der Waals surface area contributed by atoms with Crippen LogP contribution in [0.2, 0.25) is 0 Å². The fraction of sp³-hybridized carbons (Fsp3) is 0.0667. The Morgan fingerprint density at radius 2 is 1.65 bits per heavy atom. The summed E-state index contributed by atoms with van der Waals surface area (Å²) in [6.45, 7) is 0.730. The molecule has 0 saturated carbocycles. The first-order valence-electron chi connectivity index (χ1n) is 5.55. The Bertz CT molecular complexity index is 491. The lowest BCUT2D eigenvalue weighted by Crippen LogP contribution is -1.99. The molecule has 2 heteroatoms. The van der Waals surface area contributed by atoms with Gasteiger partial charge >= 0.3 is 0 Å². The molecule has 0 radical (unpaired) electrons. The molecule has 0 heterocycles. The molecule has 0 bridgehead atoms. The molecular formula is C15H14ClN. The van der Waals surface area contributed by atoms with Crippen LogP contribution in [0.3, 0.4) is 0 Å². The lowest BCUT2D eigenvalue weighted by atomic mass is 10.0. The van der Waals surface area contributed by atoms with E-state index in [4.69, 9.17) is 11.6 Å². The van der Waals surface area contributed by atoms with Gasteiger partial charge in [0.2, 0.25) is 0 Å². The Morgan fingerprint density at radius 1 is 0.941 bits per heavy atom. The third-order valence-corrected chi connectivity index (χ3v) is 2.69. The number of benzene rings is 2. The van der Waals surface area contributed by atoms with Crippen molar-refractivity contribution in [1.29, 1.82) is 0 Å². The summed E-state index contributed by atoms with van der Waals surface area (Å²) in [6, 6.07) is 18.6. The van der Waals surface area contributed by atoms with Gasteiger partial charge in [0.25, 0.3) is 0 Å². The molecule has 0 unspecified atom stereocenters.